The molecule has 136 valence electrons. The minimum atomic E-state index is 0. The topological polar surface area (TPSA) is 53.6 Å². The molecule has 0 aromatic heterocycles. The molecule has 0 bridgehead atoms. The summed E-state index contributed by atoms with van der Waals surface area (Å²) in [6.45, 7) is 6.81. The van der Waals surface area contributed by atoms with E-state index in [2.05, 4.69) is 72.5 Å². The van der Waals surface area contributed by atoms with E-state index in [4.69, 9.17) is 5.73 Å². The second-order valence-corrected chi connectivity index (χ2v) is 6.40. The smallest absolute Gasteiger partial charge is 0.193 e. The molecular formula is C20H29IN4. The molecule has 0 aliphatic rings. The van der Waals surface area contributed by atoms with Crippen LogP contribution in [0.3, 0.4) is 0 Å². The van der Waals surface area contributed by atoms with Crippen LogP contribution in [0.25, 0.3) is 0 Å². The van der Waals surface area contributed by atoms with E-state index < -0.39 is 0 Å². The summed E-state index contributed by atoms with van der Waals surface area (Å²) in [5.41, 5.74) is 9.57. The van der Waals surface area contributed by atoms with Crippen molar-refractivity contribution in [1.29, 1.82) is 0 Å². The first kappa shape index (κ1) is 21.4. The van der Waals surface area contributed by atoms with Gasteiger partial charge < -0.3 is 16.0 Å². The highest BCUT2D eigenvalue weighted by atomic mass is 127. The fourth-order valence-corrected chi connectivity index (χ4v) is 2.48. The molecule has 0 fully saturated rings. The second-order valence-electron chi connectivity index (χ2n) is 6.40. The molecule has 25 heavy (non-hydrogen) atoms. The predicted molar refractivity (Wildman–Crippen MR) is 119 cm³/mol. The number of guanidine groups is 1. The lowest BCUT2D eigenvalue weighted by atomic mass is 10.0. The number of hydrogen-bond donors (Lipinski definition) is 2. The molecule has 0 atom stereocenters. The van der Waals surface area contributed by atoms with E-state index in [-0.39, 0.29) is 24.0 Å². The third kappa shape index (κ3) is 7.88. The summed E-state index contributed by atoms with van der Waals surface area (Å²) in [5.74, 6) is 0.959. The Bertz CT molecular complexity index is 656. The molecule has 0 saturated carbocycles. The largest absolute Gasteiger partial charge is 0.370 e. The van der Waals surface area contributed by atoms with E-state index in [9.17, 15) is 0 Å². The van der Waals surface area contributed by atoms with E-state index in [0.29, 0.717) is 18.4 Å². The van der Waals surface area contributed by atoms with E-state index in [1.165, 1.54) is 11.1 Å². The number of nitrogens with two attached hydrogens (primary N) is 1. The van der Waals surface area contributed by atoms with Crippen LogP contribution < -0.4 is 11.1 Å². The summed E-state index contributed by atoms with van der Waals surface area (Å²) in [6.07, 6.45) is 0. The third-order valence-electron chi connectivity index (χ3n) is 3.88. The van der Waals surface area contributed by atoms with Crippen molar-refractivity contribution in [3.63, 3.8) is 0 Å². The number of anilines is 1. The maximum Gasteiger partial charge on any atom is 0.193 e. The molecule has 3 N–H and O–H groups in total. The highest BCUT2D eigenvalue weighted by Crippen LogP contribution is 2.18. The van der Waals surface area contributed by atoms with Gasteiger partial charge in [-0.05, 0) is 36.2 Å². The van der Waals surface area contributed by atoms with Crippen LogP contribution in [0, 0.1) is 0 Å². The Morgan fingerprint density at radius 3 is 2.52 bits per heavy atom. The summed E-state index contributed by atoms with van der Waals surface area (Å²) in [7, 11) is 2.10. The van der Waals surface area contributed by atoms with Crippen molar-refractivity contribution in [1.82, 2.24) is 4.90 Å². The van der Waals surface area contributed by atoms with Crippen LogP contribution in [0.5, 0.6) is 0 Å². The molecule has 4 nitrogen and oxygen atoms in total. The van der Waals surface area contributed by atoms with Crippen LogP contribution >= 0.6 is 24.0 Å². The van der Waals surface area contributed by atoms with Gasteiger partial charge in [0.25, 0.3) is 0 Å². The minimum Gasteiger partial charge on any atom is -0.370 e. The molecule has 0 spiro atoms. The Morgan fingerprint density at radius 2 is 1.84 bits per heavy atom. The summed E-state index contributed by atoms with van der Waals surface area (Å²) in [4.78, 5) is 6.66. The van der Waals surface area contributed by atoms with Gasteiger partial charge in [-0.15, -0.1) is 24.0 Å². The number of likely N-dealkylation sites (N-methyl/N-ethyl adjacent to an activating group) is 1. The van der Waals surface area contributed by atoms with Gasteiger partial charge in [-0.1, -0.05) is 56.3 Å². The summed E-state index contributed by atoms with van der Waals surface area (Å²) < 4.78 is 0. The van der Waals surface area contributed by atoms with Gasteiger partial charge in [0.15, 0.2) is 5.96 Å². The predicted octanol–water partition coefficient (Wildman–Crippen LogP) is 4.29. The van der Waals surface area contributed by atoms with Crippen LogP contribution in [-0.4, -0.2) is 31.0 Å². The zero-order chi connectivity index (χ0) is 17.4. The Kier molecular flexibility index (Phi) is 9.52. The number of rotatable bonds is 7. The number of nitrogens with one attached hydrogen (secondary N) is 1. The van der Waals surface area contributed by atoms with E-state index in [1.54, 1.807) is 0 Å². The maximum atomic E-state index is 5.99. The SMILES string of the molecule is CC(C)c1cccc(NC(N)=NCCN(C)Cc2ccccc2)c1.I. The molecule has 2 aromatic rings. The average Bonchev–Trinajstić information content (AvgIpc) is 2.56. The summed E-state index contributed by atoms with van der Waals surface area (Å²) in [5, 5.41) is 3.17. The fourth-order valence-electron chi connectivity index (χ4n) is 2.48. The van der Waals surface area contributed by atoms with E-state index in [0.717, 1.165) is 18.8 Å². The number of aliphatic imine (C=N–C) groups is 1. The quantitative estimate of drug-likeness (QED) is 0.375. The Balaban J connectivity index is 0.00000312. The lowest BCUT2D eigenvalue weighted by Crippen LogP contribution is -2.26. The van der Waals surface area contributed by atoms with E-state index >= 15 is 0 Å². The van der Waals surface area contributed by atoms with Gasteiger partial charge in [0.1, 0.15) is 0 Å². The monoisotopic (exact) mass is 452 g/mol. The van der Waals surface area contributed by atoms with Gasteiger partial charge >= 0.3 is 0 Å². The average molecular weight is 452 g/mol. The molecule has 0 heterocycles. The van der Waals surface area contributed by atoms with Gasteiger partial charge in [-0.2, -0.15) is 0 Å². The van der Waals surface area contributed by atoms with Gasteiger partial charge in [0, 0.05) is 18.8 Å². The molecule has 0 aliphatic heterocycles. The van der Waals surface area contributed by atoms with Crippen LogP contribution in [0.15, 0.2) is 59.6 Å². The van der Waals surface area contributed by atoms with Crippen molar-refractivity contribution in [2.24, 2.45) is 10.7 Å². The number of nitrogens with zero attached hydrogens (tertiary/aromatic N) is 2. The molecule has 2 rings (SSSR count). The van der Waals surface area contributed by atoms with Crippen molar-refractivity contribution in [3.8, 4) is 0 Å². The molecule has 0 amide bonds. The van der Waals surface area contributed by atoms with Crippen molar-refractivity contribution < 1.29 is 0 Å². The van der Waals surface area contributed by atoms with Crippen molar-refractivity contribution in [2.45, 2.75) is 26.3 Å². The Morgan fingerprint density at radius 1 is 1.12 bits per heavy atom. The zero-order valence-corrected chi connectivity index (χ0v) is 17.6. The molecule has 0 aliphatic carbocycles. The first-order chi connectivity index (χ1) is 11.5. The summed E-state index contributed by atoms with van der Waals surface area (Å²) in [6, 6.07) is 18.7. The number of halogens is 1. The first-order valence-electron chi connectivity index (χ1n) is 8.44. The lowest BCUT2D eigenvalue weighted by Gasteiger charge is -2.15. The van der Waals surface area contributed by atoms with Crippen molar-refractivity contribution in [2.75, 3.05) is 25.5 Å². The molecule has 2 aromatic carbocycles. The Labute approximate surface area is 168 Å². The Hall–Kier alpha value is -1.60. The minimum absolute atomic E-state index is 0. The molecule has 5 heteroatoms. The third-order valence-corrected chi connectivity index (χ3v) is 3.88. The van der Waals surface area contributed by atoms with Crippen molar-refractivity contribution in [3.05, 3.63) is 65.7 Å². The van der Waals surface area contributed by atoms with E-state index in [1.807, 2.05) is 18.2 Å². The number of hydrogen-bond acceptors (Lipinski definition) is 2. The second kappa shape index (κ2) is 11.1. The van der Waals surface area contributed by atoms with Crippen LogP contribution in [0.4, 0.5) is 5.69 Å². The highest BCUT2D eigenvalue weighted by Gasteiger charge is 2.02. The number of benzene rings is 2. The fraction of sp³-hybridized carbons (Fsp3) is 0.350. The lowest BCUT2D eigenvalue weighted by molar-refractivity contribution is 0.336. The normalized spacial score (nSPS) is 11.5. The van der Waals surface area contributed by atoms with Gasteiger partial charge in [-0.25, -0.2) is 0 Å². The van der Waals surface area contributed by atoms with Crippen LogP contribution in [0.1, 0.15) is 30.9 Å². The van der Waals surface area contributed by atoms with Gasteiger partial charge in [-0.3, -0.25) is 4.99 Å². The summed E-state index contributed by atoms with van der Waals surface area (Å²) >= 11 is 0. The zero-order valence-electron chi connectivity index (χ0n) is 15.3. The van der Waals surface area contributed by atoms with Gasteiger partial charge in [0.2, 0.25) is 0 Å². The van der Waals surface area contributed by atoms with Crippen LogP contribution in [0.2, 0.25) is 0 Å². The molecule has 0 unspecified atom stereocenters. The van der Waals surface area contributed by atoms with Crippen molar-refractivity contribution >= 4 is 35.6 Å². The molecule has 0 radical (unpaired) electrons. The highest BCUT2D eigenvalue weighted by molar-refractivity contribution is 14.0. The first-order valence-corrected chi connectivity index (χ1v) is 8.44. The maximum absolute atomic E-state index is 5.99. The molecular weight excluding hydrogens is 423 g/mol. The standard InChI is InChI=1S/C20H28N4.HI/c1-16(2)18-10-7-11-19(14-18)23-20(21)22-12-13-24(3)15-17-8-5-4-6-9-17;/h4-11,14,16H,12-13,15H2,1-3H3,(H3,21,22,23);1H. The van der Waals surface area contributed by atoms with Gasteiger partial charge in [0.05, 0.1) is 6.54 Å². The van der Waals surface area contributed by atoms with Crippen LogP contribution in [-0.2, 0) is 6.54 Å². The molecule has 0 saturated heterocycles.